The van der Waals surface area contributed by atoms with Crippen LogP contribution in [0.1, 0.15) is 40.7 Å². The lowest BCUT2D eigenvalue weighted by Crippen LogP contribution is -2.52. The van der Waals surface area contributed by atoms with Gasteiger partial charge in [-0.15, -0.1) is 0 Å². The fourth-order valence-corrected chi connectivity index (χ4v) is 5.05. The van der Waals surface area contributed by atoms with Crippen molar-refractivity contribution in [3.63, 3.8) is 0 Å². The molecular formula is C28H27N6O4-. The molecule has 3 amide bonds. The number of carbonyl (C=O) groups is 3. The molecule has 194 valence electrons. The number of ether oxygens (including phenoxy) is 1. The summed E-state index contributed by atoms with van der Waals surface area (Å²) in [6, 6.07) is 13.8. The van der Waals surface area contributed by atoms with E-state index in [0.29, 0.717) is 48.6 Å². The largest absolute Gasteiger partial charge is 0.705 e. The molecule has 3 aliphatic heterocycles. The normalized spacial score (nSPS) is 22.0. The van der Waals surface area contributed by atoms with Gasteiger partial charge in [0.2, 0.25) is 11.8 Å². The smallest absolute Gasteiger partial charge is 0.255 e. The summed E-state index contributed by atoms with van der Waals surface area (Å²) in [6.45, 7) is 2.37. The maximum absolute atomic E-state index is 12.9. The van der Waals surface area contributed by atoms with E-state index in [0.717, 1.165) is 24.1 Å². The first-order valence-corrected chi connectivity index (χ1v) is 12.5. The van der Waals surface area contributed by atoms with Gasteiger partial charge in [0, 0.05) is 44.4 Å². The molecule has 2 aromatic rings. The summed E-state index contributed by atoms with van der Waals surface area (Å²) in [6.07, 6.45) is 4.29. The fraction of sp³-hybridized carbons (Fsp3) is 0.321. The molecule has 2 N–H and O–H groups in total. The van der Waals surface area contributed by atoms with Crippen molar-refractivity contribution in [3.8, 4) is 11.8 Å². The van der Waals surface area contributed by atoms with Crippen LogP contribution in [0.2, 0.25) is 0 Å². The standard InChI is InChI=1S/C28H28N6O4/c29-12-18-2-1-3-21(10-18)31-14-19(13-30)15-33-9-8-23(17-33)38-22-4-5-24-20(11-22)16-34(28(24)37)25-6-7-26(35)32-27(25)36/h1-5,10-11,13-14,23,25H,6-9,15-17H2,(H3,30,31,32,35,36)/p-1/t23-,25?/m0/s1. The summed E-state index contributed by atoms with van der Waals surface area (Å²) in [4.78, 5) is 44.8. The quantitative estimate of drug-likeness (QED) is 0.448. The molecular weight excluding hydrogens is 484 g/mol. The van der Waals surface area contributed by atoms with Crippen LogP contribution in [-0.2, 0) is 16.1 Å². The molecule has 0 aromatic heterocycles. The summed E-state index contributed by atoms with van der Waals surface area (Å²) < 4.78 is 6.23. The summed E-state index contributed by atoms with van der Waals surface area (Å²) >= 11 is 0. The molecule has 2 fully saturated rings. The first kappa shape index (κ1) is 25.2. The number of likely N-dealkylation sites (tertiary alicyclic amines) is 1. The number of hydrogen-bond donors (Lipinski definition) is 1. The highest BCUT2D eigenvalue weighted by Gasteiger charge is 2.39. The third-order valence-corrected chi connectivity index (χ3v) is 6.97. The monoisotopic (exact) mass is 511 g/mol. The van der Waals surface area contributed by atoms with Crippen molar-refractivity contribution < 1.29 is 19.1 Å². The summed E-state index contributed by atoms with van der Waals surface area (Å²) in [5.74, 6) is -0.265. The Bertz CT molecular complexity index is 1380. The fourth-order valence-electron chi connectivity index (χ4n) is 5.05. The predicted molar refractivity (Wildman–Crippen MR) is 140 cm³/mol. The number of nitriles is 1. The molecule has 5 rings (SSSR count). The second-order valence-corrected chi connectivity index (χ2v) is 9.62. The number of carbonyl (C=O) groups excluding carboxylic acids is 3. The van der Waals surface area contributed by atoms with Crippen molar-refractivity contribution >= 4 is 29.6 Å². The lowest BCUT2D eigenvalue weighted by atomic mass is 10.0. The van der Waals surface area contributed by atoms with E-state index in [1.165, 1.54) is 11.1 Å². The molecule has 0 aliphatic carbocycles. The van der Waals surface area contributed by atoms with Gasteiger partial charge in [-0.3, -0.25) is 29.6 Å². The number of imide groups is 1. The van der Waals surface area contributed by atoms with Gasteiger partial charge >= 0.3 is 0 Å². The maximum atomic E-state index is 12.9. The van der Waals surface area contributed by atoms with Gasteiger partial charge in [0.05, 0.1) is 17.3 Å². The van der Waals surface area contributed by atoms with Crippen molar-refractivity contribution in [1.29, 1.82) is 5.26 Å². The van der Waals surface area contributed by atoms with Crippen molar-refractivity contribution in [2.24, 2.45) is 4.99 Å². The van der Waals surface area contributed by atoms with Crippen LogP contribution in [-0.4, -0.2) is 65.5 Å². The number of hydrogen-bond acceptors (Lipinski definition) is 7. The molecule has 2 saturated heterocycles. The van der Waals surface area contributed by atoms with Crippen LogP contribution < -0.4 is 10.1 Å². The second kappa shape index (κ2) is 10.9. The molecule has 2 atom stereocenters. The number of piperidine rings is 1. The van der Waals surface area contributed by atoms with Crippen LogP contribution in [0.4, 0.5) is 5.69 Å². The Balaban J connectivity index is 1.16. The topological polar surface area (TPSA) is 139 Å². The highest BCUT2D eigenvalue weighted by molar-refractivity contribution is 6.05. The van der Waals surface area contributed by atoms with E-state index in [-0.39, 0.29) is 24.3 Å². The molecule has 3 aliphatic rings. The molecule has 0 saturated carbocycles. The van der Waals surface area contributed by atoms with Gasteiger partial charge in [-0.2, -0.15) is 11.5 Å². The minimum atomic E-state index is -0.640. The van der Waals surface area contributed by atoms with Gasteiger partial charge in [0.25, 0.3) is 5.91 Å². The molecule has 10 heteroatoms. The van der Waals surface area contributed by atoms with Crippen LogP contribution in [0.25, 0.3) is 5.73 Å². The molecule has 0 radical (unpaired) electrons. The maximum Gasteiger partial charge on any atom is 0.255 e. The zero-order valence-electron chi connectivity index (χ0n) is 20.7. The van der Waals surface area contributed by atoms with Gasteiger partial charge in [0.15, 0.2) is 0 Å². The van der Waals surface area contributed by atoms with E-state index in [4.69, 9.17) is 15.7 Å². The number of nitrogens with one attached hydrogen (secondary N) is 2. The lowest BCUT2D eigenvalue weighted by Gasteiger charge is -2.29. The first-order valence-electron chi connectivity index (χ1n) is 12.5. The highest BCUT2D eigenvalue weighted by Crippen LogP contribution is 2.31. The number of rotatable bonds is 7. The van der Waals surface area contributed by atoms with Gasteiger partial charge in [-0.05, 0) is 60.4 Å². The summed E-state index contributed by atoms with van der Waals surface area (Å²) in [5, 5.41) is 11.4. The van der Waals surface area contributed by atoms with Gasteiger partial charge < -0.3 is 15.4 Å². The van der Waals surface area contributed by atoms with Crippen molar-refractivity contribution in [3.05, 3.63) is 76.7 Å². The van der Waals surface area contributed by atoms with E-state index in [9.17, 15) is 14.4 Å². The lowest BCUT2D eigenvalue weighted by molar-refractivity contribution is -0.136. The molecule has 0 bridgehead atoms. The third kappa shape index (κ3) is 5.43. The first-order chi connectivity index (χ1) is 18.4. The number of aliphatic imine (C=N–C) groups is 1. The van der Waals surface area contributed by atoms with E-state index in [1.54, 1.807) is 36.5 Å². The number of nitrogens with zero attached hydrogens (tertiary/aromatic N) is 4. The van der Waals surface area contributed by atoms with Crippen LogP contribution in [0.3, 0.4) is 0 Å². The molecule has 0 spiro atoms. The van der Waals surface area contributed by atoms with Crippen LogP contribution in [0.5, 0.6) is 5.75 Å². The third-order valence-electron chi connectivity index (χ3n) is 6.97. The predicted octanol–water partition coefficient (Wildman–Crippen LogP) is 3.11. The van der Waals surface area contributed by atoms with Crippen LogP contribution in [0, 0.1) is 11.3 Å². The Morgan fingerprint density at radius 1 is 1.21 bits per heavy atom. The van der Waals surface area contributed by atoms with E-state index < -0.39 is 11.9 Å². The number of fused-ring (bicyclic) bond motifs is 1. The van der Waals surface area contributed by atoms with Crippen molar-refractivity contribution in [1.82, 2.24) is 15.1 Å². The van der Waals surface area contributed by atoms with E-state index in [2.05, 4.69) is 21.3 Å². The summed E-state index contributed by atoms with van der Waals surface area (Å²) in [5.41, 5.74) is 11.1. The zero-order chi connectivity index (χ0) is 26.6. The number of benzene rings is 2. The Kier molecular flexibility index (Phi) is 7.20. The van der Waals surface area contributed by atoms with Gasteiger partial charge in [-0.25, -0.2) is 0 Å². The van der Waals surface area contributed by atoms with Gasteiger partial charge in [-0.1, -0.05) is 6.07 Å². The Labute approximate surface area is 220 Å². The SMILES string of the molecule is N#Cc1cccc(N=C/C(=C\[NH-])CN2CC[C@H](Oc3ccc4c(c3)CN(C3CCC(=O)NC3=O)C4=O)C2)c1. The zero-order valence-corrected chi connectivity index (χ0v) is 20.7. The minimum Gasteiger partial charge on any atom is -0.705 e. The van der Waals surface area contributed by atoms with Gasteiger partial charge in [0.1, 0.15) is 17.9 Å². The van der Waals surface area contributed by atoms with E-state index >= 15 is 0 Å². The Morgan fingerprint density at radius 2 is 2.08 bits per heavy atom. The Hall–Kier alpha value is -4.49. The Morgan fingerprint density at radius 3 is 2.87 bits per heavy atom. The molecule has 38 heavy (non-hydrogen) atoms. The van der Waals surface area contributed by atoms with Crippen LogP contribution >= 0.6 is 0 Å². The molecule has 10 nitrogen and oxygen atoms in total. The van der Waals surface area contributed by atoms with Crippen LogP contribution in [0.15, 0.2) is 59.2 Å². The average molecular weight is 512 g/mol. The molecule has 1 unspecified atom stereocenters. The average Bonchev–Trinajstić information content (AvgIpc) is 3.49. The molecule has 2 aromatic carbocycles. The van der Waals surface area contributed by atoms with Crippen molar-refractivity contribution in [2.45, 2.75) is 38.0 Å². The van der Waals surface area contributed by atoms with Crippen molar-refractivity contribution in [2.75, 3.05) is 19.6 Å². The minimum absolute atomic E-state index is 0.0346. The van der Waals surface area contributed by atoms with E-state index in [1.807, 2.05) is 12.1 Å². The summed E-state index contributed by atoms with van der Waals surface area (Å²) in [7, 11) is 0. The number of amides is 3. The molecule has 3 heterocycles. The highest BCUT2D eigenvalue weighted by atomic mass is 16.5. The second-order valence-electron chi connectivity index (χ2n) is 9.62.